The summed E-state index contributed by atoms with van der Waals surface area (Å²) >= 11 is 1.96. The minimum absolute atomic E-state index is 0.510. The van der Waals surface area contributed by atoms with Crippen LogP contribution in [0.4, 0.5) is 0 Å². The molecule has 11 heavy (non-hydrogen) atoms. The van der Waals surface area contributed by atoms with Crippen molar-refractivity contribution in [3.8, 4) is 0 Å². The third-order valence-electron chi connectivity index (χ3n) is 2.03. The van der Waals surface area contributed by atoms with Crippen LogP contribution in [0.1, 0.15) is 19.8 Å². The molecule has 3 heteroatoms. The molecular weight excluding hydrogens is 158 g/mol. The molecule has 1 aliphatic heterocycles. The predicted molar refractivity (Wildman–Crippen MR) is 48.8 cm³/mol. The highest BCUT2D eigenvalue weighted by Gasteiger charge is 2.19. The molecule has 0 unspecified atom stereocenters. The Labute approximate surface area is 72.3 Å². The maximum atomic E-state index is 10.6. The third-order valence-corrected chi connectivity index (χ3v) is 3.12. The van der Waals surface area contributed by atoms with E-state index in [1.165, 1.54) is 6.42 Å². The van der Waals surface area contributed by atoms with E-state index in [0.717, 1.165) is 30.9 Å². The van der Waals surface area contributed by atoms with E-state index in [1.807, 2.05) is 16.7 Å². The molecule has 0 bridgehead atoms. The Hall–Kier alpha value is -0.180. The molecule has 0 saturated carbocycles. The Bertz CT molecular complexity index is 127. The Morgan fingerprint density at radius 2 is 2.55 bits per heavy atom. The summed E-state index contributed by atoms with van der Waals surface area (Å²) < 4.78 is 0. The smallest absolute Gasteiger partial charge is 0.210 e. The van der Waals surface area contributed by atoms with Gasteiger partial charge >= 0.3 is 0 Å². The molecule has 0 N–H and O–H groups in total. The van der Waals surface area contributed by atoms with Crippen LogP contribution in [-0.4, -0.2) is 35.4 Å². The van der Waals surface area contributed by atoms with Crippen molar-refractivity contribution in [1.82, 2.24) is 4.90 Å². The zero-order chi connectivity index (χ0) is 8.10. The molecule has 1 rings (SSSR count). The van der Waals surface area contributed by atoms with Gasteiger partial charge in [0, 0.05) is 24.1 Å². The highest BCUT2D eigenvalue weighted by Crippen LogP contribution is 2.18. The molecule has 0 spiro atoms. The van der Waals surface area contributed by atoms with Crippen LogP contribution in [0.5, 0.6) is 0 Å². The second-order valence-electron chi connectivity index (χ2n) is 2.86. The molecule has 0 aliphatic carbocycles. The van der Waals surface area contributed by atoms with Crippen LogP contribution >= 0.6 is 11.8 Å². The Kier molecular flexibility index (Phi) is 3.77. The predicted octanol–water partition coefficient (Wildman–Crippen LogP) is 1.36. The summed E-state index contributed by atoms with van der Waals surface area (Å²) in [5.74, 6) is 2.24. The zero-order valence-electron chi connectivity index (χ0n) is 6.95. The van der Waals surface area contributed by atoms with Gasteiger partial charge in [0.1, 0.15) is 0 Å². The average molecular weight is 173 g/mol. The number of rotatable bonds is 3. The summed E-state index contributed by atoms with van der Waals surface area (Å²) in [6.45, 7) is 3.11. The summed E-state index contributed by atoms with van der Waals surface area (Å²) in [6, 6.07) is 0.510. The van der Waals surface area contributed by atoms with Crippen LogP contribution in [0.2, 0.25) is 0 Å². The van der Waals surface area contributed by atoms with Crippen molar-refractivity contribution in [2.75, 3.05) is 18.1 Å². The molecule has 1 amide bonds. The van der Waals surface area contributed by atoms with Gasteiger partial charge < -0.3 is 4.90 Å². The van der Waals surface area contributed by atoms with Crippen molar-refractivity contribution in [1.29, 1.82) is 0 Å². The van der Waals surface area contributed by atoms with Crippen LogP contribution in [0.25, 0.3) is 0 Å². The van der Waals surface area contributed by atoms with E-state index in [4.69, 9.17) is 0 Å². The van der Waals surface area contributed by atoms with Gasteiger partial charge in [-0.1, -0.05) is 13.3 Å². The summed E-state index contributed by atoms with van der Waals surface area (Å²) in [4.78, 5) is 12.5. The fourth-order valence-electron chi connectivity index (χ4n) is 1.39. The highest BCUT2D eigenvalue weighted by atomic mass is 32.2. The number of nitrogens with zero attached hydrogens (tertiary/aromatic N) is 1. The van der Waals surface area contributed by atoms with Gasteiger partial charge in [-0.2, -0.15) is 11.8 Å². The molecule has 1 heterocycles. The first kappa shape index (κ1) is 8.91. The van der Waals surface area contributed by atoms with Crippen molar-refractivity contribution in [3.63, 3.8) is 0 Å². The standard InChI is InChI=1S/C8H15NOS/c1-2-3-8-6-11-5-4-9(8)7-10/h7-8H,2-6H2,1H3/t8-/m0/s1. The van der Waals surface area contributed by atoms with E-state index in [-0.39, 0.29) is 0 Å². The van der Waals surface area contributed by atoms with Crippen molar-refractivity contribution < 1.29 is 4.79 Å². The first-order valence-corrected chi connectivity index (χ1v) is 5.32. The van der Waals surface area contributed by atoms with Crippen molar-refractivity contribution in [2.24, 2.45) is 0 Å². The van der Waals surface area contributed by atoms with Gasteiger partial charge in [0.25, 0.3) is 0 Å². The van der Waals surface area contributed by atoms with Gasteiger partial charge in [-0.05, 0) is 6.42 Å². The number of carbonyl (C=O) groups is 1. The second kappa shape index (κ2) is 4.65. The molecule has 0 radical (unpaired) electrons. The summed E-state index contributed by atoms with van der Waals surface area (Å²) in [7, 11) is 0. The lowest BCUT2D eigenvalue weighted by Gasteiger charge is -2.32. The average Bonchev–Trinajstić information content (AvgIpc) is 2.06. The molecular formula is C8H15NOS. The topological polar surface area (TPSA) is 20.3 Å². The molecule has 0 aromatic rings. The van der Waals surface area contributed by atoms with E-state index in [0.29, 0.717) is 6.04 Å². The summed E-state index contributed by atoms with van der Waals surface area (Å²) in [6.07, 6.45) is 3.33. The van der Waals surface area contributed by atoms with E-state index in [1.54, 1.807) is 0 Å². The van der Waals surface area contributed by atoms with E-state index >= 15 is 0 Å². The maximum absolute atomic E-state index is 10.6. The lowest BCUT2D eigenvalue weighted by molar-refractivity contribution is -0.119. The molecule has 1 atom stereocenters. The monoisotopic (exact) mass is 173 g/mol. The number of hydrogen-bond acceptors (Lipinski definition) is 2. The number of thioether (sulfide) groups is 1. The lowest BCUT2D eigenvalue weighted by Crippen LogP contribution is -2.41. The van der Waals surface area contributed by atoms with Gasteiger partial charge in [0.15, 0.2) is 0 Å². The van der Waals surface area contributed by atoms with Gasteiger partial charge in [-0.3, -0.25) is 4.79 Å². The lowest BCUT2D eigenvalue weighted by atomic mass is 10.2. The SMILES string of the molecule is CCC[C@H]1CSCCN1C=O. The molecule has 2 nitrogen and oxygen atoms in total. The van der Waals surface area contributed by atoms with Gasteiger partial charge in [-0.25, -0.2) is 0 Å². The molecule has 0 aromatic carbocycles. The van der Waals surface area contributed by atoms with Crippen LogP contribution in [0, 0.1) is 0 Å². The van der Waals surface area contributed by atoms with Crippen molar-refractivity contribution >= 4 is 18.2 Å². The van der Waals surface area contributed by atoms with E-state index in [9.17, 15) is 4.79 Å². The first-order valence-electron chi connectivity index (χ1n) is 4.17. The Balaban J connectivity index is 2.37. The highest BCUT2D eigenvalue weighted by molar-refractivity contribution is 7.99. The van der Waals surface area contributed by atoms with E-state index in [2.05, 4.69) is 6.92 Å². The molecule has 64 valence electrons. The fraction of sp³-hybridized carbons (Fsp3) is 0.875. The Morgan fingerprint density at radius 3 is 3.18 bits per heavy atom. The Morgan fingerprint density at radius 1 is 1.73 bits per heavy atom. The first-order chi connectivity index (χ1) is 5.38. The molecule has 1 saturated heterocycles. The number of amides is 1. The van der Waals surface area contributed by atoms with E-state index < -0.39 is 0 Å². The number of carbonyl (C=O) groups excluding carboxylic acids is 1. The largest absolute Gasteiger partial charge is 0.341 e. The molecule has 1 aliphatic rings. The normalized spacial score (nSPS) is 25.2. The van der Waals surface area contributed by atoms with Crippen molar-refractivity contribution in [3.05, 3.63) is 0 Å². The van der Waals surface area contributed by atoms with Gasteiger partial charge in [0.2, 0.25) is 6.41 Å². The van der Waals surface area contributed by atoms with Crippen LogP contribution in [0.15, 0.2) is 0 Å². The van der Waals surface area contributed by atoms with Gasteiger partial charge in [0.05, 0.1) is 0 Å². The summed E-state index contributed by atoms with van der Waals surface area (Å²) in [5.41, 5.74) is 0. The summed E-state index contributed by atoms with van der Waals surface area (Å²) in [5, 5.41) is 0. The number of hydrogen-bond donors (Lipinski definition) is 0. The fourth-order valence-corrected chi connectivity index (χ4v) is 2.53. The minimum Gasteiger partial charge on any atom is -0.341 e. The zero-order valence-corrected chi connectivity index (χ0v) is 7.77. The third kappa shape index (κ3) is 2.40. The minimum atomic E-state index is 0.510. The van der Waals surface area contributed by atoms with Crippen LogP contribution in [0.3, 0.4) is 0 Å². The van der Waals surface area contributed by atoms with Crippen molar-refractivity contribution in [2.45, 2.75) is 25.8 Å². The maximum Gasteiger partial charge on any atom is 0.210 e. The van der Waals surface area contributed by atoms with Crippen LogP contribution < -0.4 is 0 Å². The van der Waals surface area contributed by atoms with Gasteiger partial charge in [-0.15, -0.1) is 0 Å². The molecule has 0 aromatic heterocycles. The quantitative estimate of drug-likeness (QED) is 0.601. The molecule has 1 fully saturated rings. The van der Waals surface area contributed by atoms with Crippen LogP contribution in [-0.2, 0) is 4.79 Å². The second-order valence-corrected chi connectivity index (χ2v) is 4.01.